The van der Waals surface area contributed by atoms with Crippen molar-refractivity contribution in [2.45, 2.75) is 24.2 Å². The van der Waals surface area contributed by atoms with E-state index in [1.807, 2.05) is 0 Å². The Kier molecular flexibility index (Phi) is 6.69. The summed E-state index contributed by atoms with van der Waals surface area (Å²) in [4.78, 5) is 0. The summed E-state index contributed by atoms with van der Waals surface area (Å²) in [6, 6.07) is 0. The first kappa shape index (κ1) is 12.0. The van der Waals surface area contributed by atoms with E-state index >= 15 is 0 Å². The van der Waals surface area contributed by atoms with Crippen molar-refractivity contribution in [1.82, 2.24) is 0 Å². The molecule has 0 aromatic rings. The third-order valence-electron chi connectivity index (χ3n) is 1.08. The van der Waals surface area contributed by atoms with E-state index in [-0.39, 0.29) is 0 Å². The molecule has 0 N–H and O–H groups in total. The Balaban J connectivity index is 3.75. The van der Waals surface area contributed by atoms with Gasteiger partial charge in [-0.1, -0.05) is 0 Å². The van der Waals surface area contributed by atoms with Crippen LogP contribution in [-0.4, -0.2) is 13.8 Å². The summed E-state index contributed by atoms with van der Waals surface area (Å²) < 4.78 is 2.40. The van der Waals surface area contributed by atoms with Gasteiger partial charge in [0.25, 0.3) is 0 Å². The molecule has 0 saturated heterocycles. The topological polar surface area (TPSA) is 0 Å². The van der Waals surface area contributed by atoms with Crippen molar-refractivity contribution < 1.29 is 0 Å². The molecule has 0 aromatic carbocycles. The summed E-state index contributed by atoms with van der Waals surface area (Å²) in [6.07, 6.45) is 2.54. The number of unbranched alkanes of at least 4 members (excludes halogenated alkanes) is 1. The molecule has 0 nitrogen and oxygen atoms in total. The summed E-state index contributed by atoms with van der Waals surface area (Å²) in [6.45, 7) is 6.09. The Morgan fingerprint density at radius 3 is 2.30 bits per heavy atom. The van der Waals surface area contributed by atoms with Gasteiger partial charge in [0.15, 0.2) is 0 Å². The fourth-order valence-electron chi connectivity index (χ4n) is 0.436. The predicted octanol–water partition coefficient (Wildman–Crippen LogP) is 4.47. The van der Waals surface area contributed by atoms with Crippen LogP contribution < -0.4 is 0 Å². The van der Waals surface area contributed by atoms with Crippen molar-refractivity contribution >= 4 is 55.2 Å². The molecule has 0 unspecified atom stereocenters. The monoisotopic (exact) mass is 450 g/mol. The van der Waals surface area contributed by atoms with Gasteiger partial charge in [-0.25, -0.2) is 0 Å². The van der Waals surface area contributed by atoms with Crippen LogP contribution in [0.5, 0.6) is 0 Å². The molecule has 0 aliphatic rings. The minimum atomic E-state index is -1.95. The normalized spacial score (nSPS) is 13.2. The van der Waals surface area contributed by atoms with Gasteiger partial charge in [0.05, 0.1) is 0 Å². The molecule has 62 valence electrons. The van der Waals surface area contributed by atoms with E-state index in [0.717, 1.165) is 2.53 Å². The van der Waals surface area contributed by atoms with Crippen LogP contribution >= 0.6 is 41.4 Å². The SMILES string of the molecule is C=C(Br)[Te](Br)(Br)CCCC. The average Bonchev–Trinajstić information content (AvgIpc) is 1.84. The Morgan fingerprint density at radius 1 is 1.50 bits per heavy atom. The van der Waals surface area contributed by atoms with Crippen molar-refractivity contribution in [3.63, 3.8) is 0 Å². The number of hydrogen-bond acceptors (Lipinski definition) is 0. The van der Waals surface area contributed by atoms with Gasteiger partial charge in [0.2, 0.25) is 0 Å². The Bertz CT molecular complexity index is 122. The molecular weight excluding hydrogens is 439 g/mol. The summed E-state index contributed by atoms with van der Waals surface area (Å²) in [5.74, 6) is 0. The first-order chi connectivity index (χ1) is 4.50. The zero-order valence-corrected chi connectivity index (χ0v) is 13.0. The maximum atomic E-state index is 3.89. The molecular formula is C6H11Br3Te. The second kappa shape index (κ2) is 5.59. The predicted molar refractivity (Wildman–Crippen MR) is 61.4 cm³/mol. The number of hydrogen-bond donors (Lipinski definition) is 0. The van der Waals surface area contributed by atoms with E-state index in [2.05, 4.69) is 54.9 Å². The van der Waals surface area contributed by atoms with Gasteiger partial charge < -0.3 is 0 Å². The van der Waals surface area contributed by atoms with Crippen LogP contribution in [0.3, 0.4) is 0 Å². The Hall–Kier alpha value is 1.97. The molecule has 0 aliphatic heterocycles. The second-order valence-electron chi connectivity index (χ2n) is 1.99. The molecule has 4 heteroatoms. The van der Waals surface area contributed by atoms with Gasteiger partial charge >= 0.3 is 88.5 Å². The van der Waals surface area contributed by atoms with Gasteiger partial charge in [-0.3, -0.25) is 0 Å². The van der Waals surface area contributed by atoms with Crippen molar-refractivity contribution in [1.29, 1.82) is 0 Å². The van der Waals surface area contributed by atoms with Crippen molar-refractivity contribution in [3.05, 3.63) is 9.11 Å². The van der Waals surface area contributed by atoms with E-state index in [9.17, 15) is 0 Å². The fraction of sp³-hybridized carbons (Fsp3) is 0.667. The molecule has 0 aliphatic carbocycles. The van der Waals surface area contributed by atoms with Gasteiger partial charge in [-0.15, -0.1) is 0 Å². The van der Waals surface area contributed by atoms with E-state index in [1.165, 1.54) is 17.3 Å². The van der Waals surface area contributed by atoms with Crippen LogP contribution in [0.2, 0.25) is 4.47 Å². The zero-order chi connectivity index (χ0) is 8.20. The van der Waals surface area contributed by atoms with Crippen molar-refractivity contribution in [2.24, 2.45) is 0 Å². The van der Waals surface area contributed by atoms with Crippen molar-refractivity contribution in [3.8, 4) is 0 Å². The number of rotatable bonds is 4. The van der Waals surface area contributed by atoms with E-state index in [4.69, 9.17) is 0 Å². The molecule has 0 heterocycles. The molecule has 0 radical (unpaired) electrons. The Morgan fingerprint density at radius 2 is 2.00 bits per heavy atom. The van der Waals surface area contributed by atoms with E-state index in [0.29, 0.717) is 0 Å². The third-order valence-corrected chi connectivity index (χ3v) is 24.3. The van der Waals surface area contributed by atoms with Crippen molar-refractivity contribution in [2.75, 3.05) is 0 Å². The van der Waals surface area contributed by atoms with Crippen LogP contribution in [-0.2, 0) is 0 Å². The average molecular weight is 450 g/mol. The number of halogens is 3. The molecule has 0 amide bonds. The molecule has 0 saturated carbocycles. The first-order valence-electron chi connectivity index (χ1n) is 3.05. The van der Waals surface area contributed by atoms with Gasteiger partial charge in [0.1, 0.15) is 0 Å². The molecule has 0 rings (SSSR count). The molecule has 0 bridgehead atoms. The summed E-state index contributed by atoms with van der Waals surface area (Å²) in [7, 11) is 0. The third kappa shape index (κ3) is 4.77. The molecule has 0 atom stereocenters. The first-order valence-corrected chi connectivity index (χ1v) is 17.1. The molecule has 10 heavy (non-hydrogen) atoms. The quantitative estimate of drug-likeness (QED) is 0.555. The molecule has 0 spiro atoms. The molecule has 0 aromatic heterocycles. The summed E-state index contributed by atoms with van der Waals surface area (Å²) >= 11 is 8.89. The van der Waals surface area contributed by atoms with Crippen LogP contribution in [0, 0.1) is 0 Å². The summed E-state index contributed by atoms with van der Waals surface area (Å²) in [5, 5.41) is 0. The Labute approximate surface area is 87.4 Å². The standard InChI is InChI=1S/C6H11Br3Te/c1-3-4-5-10(8,9)6(2)7/h2-5H2,1H3. The second-order valence-corrected chi connectivity index (χ2v) is 31.1. The zero-order valence-electron chi connectivity index (χ0n) is 5.87. The minimum absolute atomic E-state index is 1.14. The van der Waals surface area contributed by atoms with Crippen LogP contribution in [0.15, 0.2) is 9.11 Å². The maximum absolute atomic E-state index is 3.89. The van der Waals surface area contributed by atoms with Crippen LogP contribution in [0.4, 0.5) is 0 Å². The summed E-state index contributed by atoms with van der Waals surface area (Å²) in [5.41, 5.74) is 0. The molecule has 0 fully saturated rings. The van der Waals surface area contributed by atoms with Crippen LogP contribution in [0.1, 0.15) is 19.8 Å². The van der Waals surface area contributed by atoms with Gasteiger partial charge in [-0.2, -0.15) is 0 Å². The van der Waals surface area contributed by atoms with Crippen LogP contribution in [0.25, 0.3) is 0 Å². The van der Waals surface area contributed by atoms with E-state index in [1.54, 1.807) is 0 Å². The van der Waals surface area contributed by atoms with Gasteiger partial charge in [-0.05, 0) is 0 Å². The fourth-order valence-corrected chi connectivity index (χ4v) is 7.08. The van der Waals surface area contributed by atoms with E-state index < -0.39 is 13.8 Å². The van der Waals surface area contributed by atoms with Gasteiger partial charge in [0, 0.05) is 0 Å².